The molecule has 1 aliphatic carbocycles. The molecule has 3 aromatic carbocycles. The number of nitriles is 2. The molecular formula is C30H20ClFN4O2. The van der Waals surface area contributed by atoms with Crippen LogP contribution in [0.25, 0.3) is 28.1 Å². The predicted molar refractivity (Wildman–Crippen MR) is 143 cm³/mol. The number of H-pyrrole nitrogens is 1. The molecule has 8 heteroatoms. The average molecular weight is 523 g/mol. The van der Waals surface area contributed by atoms with Gasteiger partial charge in [0.15, 0.2) is 0 Å². The standard InChI is InChI=1S/C30H20ClFN4O2/c31-24-14-18(15-33)6-10-22(24)28(19-2-1-3-19)27(20-8-4-17(5-9-20)7-13-26(37)38)21-11-12-25-29(23(21)16-34)30(32)36-35-25/h4-14,19H,1-3H2,(H,35,36)(H,37,38). The van der Waals surface area contributed by atoms with Crippen LogP contribution >= 0.6 is 11.6 Å². The van der Waals surface area contributed by atoms with Crippen LogP contribution in [0.5, 0.6) is 0 Å². The minimum absolute atomic E-state index is 0.113. The number of aromatic nitrogens is 2. The van der Waals surface area contributed by atoms with Crippen molar-refractivity contribution in [2.45, 2.75) is 19.3 Å². The van der Waals surface area contributed by atoms with Crippen LogP contribution < -0.4 is 0 Å². The second kappa shape index (κ2) is 10.3. The highest BCUT2D eigenvalue weighted by molar-refractivity contribution is 6.33. The molecule has 1 aromatic heterocycles. The van der Waals surface area contributed by atoms with E-state index in [1.54, 1.807) is 36.4 Å². The zero-order chi connectivity index (χ0) is 26.8. The number of nitrogens with zero attached hydrogens (tertiary/aromatic N) is 3. The van der Waals surface area contributed by atoms with E-state index in [1.165, 1.54) is 6.08 Å². The average Bonchev–Trinajstić information content (AvgIpc) is 3.27. The Kier molecular flexibility index (Phi) is 6.79. The lowest BCUT2D eigenvalue weighted by atomic mass is 9.72. The first-order chi connectivity index (χ1) is 18.4. The highest BCUT2D eigenvalue weighted by atomic mass is 35.5. The molecule has 2 N–H and O–H groups in total. The fourth-order valence-electron chi connectivity index (χ4n) is 4.84. The van der Waals surface area contributed by atoms with E-state index < -0.39 is 11.9 Å². The highest BCUT2D eigenvalue weighted by Gasteiger charge is 2.30. The van der Waals surface area contributed by atoms with Crippen molar-refractivity contribution in [3.63, 3.8) is 0 Å². The molecule has 1 heterocycles. The van der Waals surface area contributed by atoms with Crippen LogP contribution in [0.15, 0.2) is 60.7 Å². The summed E-state index contributed by atoms with van der Waals surface area (Å²) in [6.07, 6.45) is 5.42. The van der Waals surface area contributed by atoms with Crippen LogP contribution in [-0.2, 0) is 4.79 Å². The molecule has 1 fully saturated rings. The highest BCUT2D eigenvalue weighted by Crippen LogP contribution is 2.47. The number of aliphatic carboxylic acids is 1. The van der Waals surface area contributed by atoms with Gasteiger partial charge in [0.25, 0.3) is 0 Å². The largest absolute Gasteiger partial charge is 0.478 e. The molecule has 0 atom stereocenters. The quantitative estimate of drug-likeness (QED) is 0.210. The molecule has 1 saturated carbocycles. The Morgan fingerprint density at radius 2 is 1.82 bits per heavy atom. The summed E-state index contributed by atoms with van der Waals surface area (Å²) in [5.41, 5.74) is 5.38. The lowest BCUT2D eigenvalue weighted by Gasteiger charge is -2.32. The van der Waals surface area contributed by atoms with E-state index in [0.29, 0.717) is 27.2 Å². The lowest BCUT2D eigenvalue weighted by molar-refractivity contribution is -0.131. The van der Waals surface area contributed by atoms with Crippen LogP contribution in [0.1, 0.15) is 52.6 Å². The Labute approximate surface area is 222 Å². The maximum absolute atomic E-state index is 14.7. The first-order valence-corrected chi connectivity index (χ1v) is 12.3. The van der Waals surface area contributed by atoms with Crippen molar-refractivity contribution >= 4 is 45.7 Å². The normalized spacial score (nSPS) is 14.1. The Hall–Kier alpha value is -4.72. The van der Waals surface area contributed by atoms with Gasteiger partial charge in [0.2, 0.25) is 5.95 Å². The Bertz CT molecular complexity index is 1720. The molecule has 186 valence electrons. The molecule has 38 heavy (non-hydrogen) atoms. The SMILES string of the molecule is N#Cc1ccc(C(=C(c2ccc(C=CC(=O)O)cc2)c2ccc3[nH]nc(F)c3c2C#N)C2CCC2)c(Cl)c1. The molecule has 0 bridgehead atoms. The molecule has 0 saturated heterocycles. The summed E-state index contributed by atoms with van der Waals surface area (Å²) in [4.78, 5) is 11.0. The van der Waals surface area contributed by atoms with Gasteiger partial charge < -0.3 is 5.11 Å². The number of carboxylic acids is 1. The minimum atomic E-state index is -1.05. The smallest absolute Gasteiger partial charge is 0.328 e. The van der Waals surface area contributed by atoms with Crippen LogP contribution in [0.3, 0.4) is 0 Å². The zero-order valence-electron chi connectivity index (χ0n) is 20.0. The summed E-state index contributed by atoms with van der Waals surface area (Å²) in [6, 6.07) is 20.2. The first-order valence-electron chi connectivity index (χ1n) is 11.9. The number of nitrogens with one attached hydrogen (secondary N) is 1. The van der Waals surface area contributed by atoms with E-state index >= 15 is 0 Å². The van der Waals surface area contributed by atoms with Gasteiger partial charge in [0.1, 0.15) is 6.07 Å². The van der Waals surface area contributed by atoms with Gasteiger partial charge in [-0.2, -0.15) is 14.9 Å². The lowest BCUT2D eigenvalue weighted by Crippen LogP contribution is -2.16. The van der Waals surface area contributed by atoms with E-state index in [4.69, 9.17) is 16.7 Å². The van der Waals surface area contributed by atoms with Crippen molar-refractivity contribution in [1.82, 2.24) is 10.2 Å². The van der Waals surface area contributed by atoms with Gasteiger partial charge in [-0.3, -0.25) is 5.10 Å². The van der Waals surface area contributed by atoms with Gasteiger partial charge in [-0.05, 0) is 70.9 Å². The van der Waals surface area contributed by atoms with Crippen molar-refractivity contribution in [2.75, 3.05) is 0 Å². The van der Waals surface area contributed by atoms with Crippen LogP contribution in [0.4, 0.5) is 4.39 Å². The zero-order valence-corrected chi connectivity index (χ0v) is 20.8. The third kappa shape index (κ3) is 4.56. The number of fused-ring (bicyclic) bond motifs is 1. The maximum Gasteiger partial charge on any atom is 0.328 e. The fourth-order valence-corrected chi connectivity index (χ4v) is 5.13. The summed E-state index contributed by atoms with van der Waals surface area (Å²) < 4.78 is 14.7. The van der Waals surface area contributed by atoms with E-state index in [0.717, 1.165) is 47.6 Å². The van der Waals surface area contributed by atoms with E-state index in [1.807, 2.05) is 18.2 Å². The van der Waals surface area contributed by atoms with E-state index in [9.17, 15) is 19.7 Å². The number of aromatic amines is 1. The fraction of sp³-hybridized carbons (Fsp3) is 0.133. The molecule has 0 amide bonds. The minimum Gasteiger partial charge on any atom is -0.478 e. The third-order valence-corrected chi connectivity index (χ3v) is 7.17. The molecule has 0 radical (unpaired) electrons. The van der Waals surface area contributed by atoms with E-state index in [2.05, 4.69) is 22.3 Å². The number of hydrogen-bond donors (Lipinski definition) is 2. The van der Waals surface area contributed by atoms with Crippen molar-refractivity contribution in [3.8, 4) is 12.1 Å². The first kappa shape index (κ1) is 25.0. The van der Waals surface area contributed by atoms with Gasteiger partial charge in [-0.25, -0.2) is 4.79 Å². The van der Waals surface area contributed by atoms with Crippen molar-refractivity contribution in [1.29, 1.82) is 10.5 Å². The van der Waals surface area contributed by atoms with Crippen LogP contribution in [0, 0.1) is 34.5 Å². The summed E-state index contributed by atoms with van der Waals surface area (Å²) in [6.45, 7) is 0. The Morgan fingerprint density at radius 3 is 2.42 bits per heavy atom. The van der Waals surface area contributed by atoms with Crippen LogP contribution in [-0.4, -0.2) is 21.3 Å². The summed E-state index contributed by atoms with van der Waals surface area (Å²) in [5.74, 6) is -1.67. The molecule has 6 nitrogen and oxygen atoms in total. The maximum atomic E-state index is 14.7. The molecule has 0 unspecified atom stereocenters. The number of benzene rings is 3. The number of allylic oxidation sites excluding steroid dienone is 1. The second-order valence-electron chi connectivity index (χ2n) is 9.05. The number of rotatable bonds is 6. The van der Waals surface area contributed by atoms with Gasteiger partial charge in [0.05, 0.1) is 28.1 Å². The summed E-state index contributed by atoms with van der Waals surface area (Å²) in [5, 5.41) is 35.3. The molecular weight excluding hydrogens is 503 g/mol. The van der Waals surface area contributed by atoms with Gasteiger partial charge >= 0.3 is 5.97 Å². The number of halogens is 2. The number of carboxylic acid groups (broad SMARTS) is 1. The number of carbonyl (C=O) groups is 1. The van der Waals surface area contributed by atoms with Crippen molar-refractivity contribution in [3.05, 3.63) is 105 Å². The van der Waals surface area contributed by atoms with Gasteiger partial charge in [0, 0.05) is 16.7 Å². The van der Waals surface area contributed by atoms with Crippen LogP contribution in [0.2, 0.25) is 5.02 Å². The molecule has 4 aromatic rings. The molecule has 5 rings (SSSR count). The molecule has 1 aliphatic rings. The molecule has 0 aliphatic heterocycles. The summed E-state index contributed by atoms with van der Waals surface area (Å²) in [7, 11) is 0. The Balaban J connectivity index is 1.84. The van der Waals surface area contributed by atoms with Crippen molar-refractivity contribution in [2.24, 2.45) is 5.92 Å². The van der Waals surface area contributed by atoms with Crippen molar-refractivity contribution < 1.29 is 14.3 Å². The van der Waals surface area contributed by atoms with Gasteiger partial charge in [-0.15, -0.1) is 5.10 Å². The summed E-state index contributed by atoms with van der Waals surface area (Å²) >= 11 is 6.73. The second-order valence-corrected chi connectivity index (χ2v) is 9.46. The monoisotopic (exact) mass is 522 g/mol. The third-order valence-electron chi connectivity index (χ3n) is 6.86. The van der Waals surface area contributed by atoms with E-state index in [-0.39, 0.29) is 16.9 Å². The van der Waals surface area contributed by atoms with Gasteiger partial charge in [-0.1, -0.05) is 54.4 Å². The predicted octanol–water partition coefficient (Wildman–Crippen LogP) is 6.96. The molecule has 0 spiro atoms. The Morgan fingerprint density at radius 1 is 1.08 bits per heavy atom. The topological polar surface area (TPSA) is 114 Å². The number of hydrogen-bond acceptors (Lipinski definition) is 4.